The first-order valence-electron chi connectivity index (χ1n) is 38.1. The molecule has 0 radical (unpaired) electrons. The number of benzene rings is 17. The third kappa shape index (κ3) is 8.71. The number of nitrogens with zero attached hydrogens (tertiary/aromatic N) is 2. The third-order valence-electron chi connectivity index (χ3n) is 23.9. The standard InChI is InChI=1S/C55H33NO3.C49H29NO3/c1-2-15-34(16-3-1)36-17-5-10-23-46(36)56(35-29-30-39-38-19-6-11-25-48(38)57-52(39)31-35)47-24-14-28-51-54(47)41-32-40-37-18-4-7-20-42(37)55(45(40)33-53(41)59-51)43-21-8-12-26-49(43)58-50-27-13-9-22-44(50)55;1-2-14-30(15-3-1)50(41-23-12-18-33-32-17-5-9-24-42(32)53-48(33)41)40-22-13-27-45-47(40)35-28-34-31-16-4-6-19-36(31)49(39(34)29-46(35)52-45)37-20-7-10-25-43(37)51-44-26-11-8-21-38(44)49/h1-33H;1-29H. The number of furan rings is 4. The minimum absolute atomic E-state index is 0.569. The molecule has 0 bridgehead atoms. The molecule has 4 aliphatic rings. The van der Waals surface area contributed by atoms with Gasteiger partial charge in [0.25, 0.3) is 0 Å². The number of fused-ring (bicyclic) bond motifs is 30. The van der Waals surface area contributed by atoms with Crippen LogP contribution >= 0.6 is 0 Å². The molecule has 8 nitrogen and oxygen atoms in total. The molecule has 0 amide bonds. The van der Waals surface area contributed by atoms with Gasteiger partial charge in [-0.25, -0.2) is 0 Å². The predicted octanol–water partition coefficient (Wildman–Crippen LogP) is 28.5. The van der Waals surface area contributed by atoms with Gasteiger partial charge in [0.1, 0.15) is 62.1 Å². The van der Waals surface area contributed by atoms with Gasteiger partial charge in [0.2, 0.25) is 0 Å². The van der Waals surface area contributed by atoms with Gasteiger partial charge in [-0.15, -0.1) is 0 Å². The van der Waals surface area contributed by atoms with Crippen molar-refractivity contribution in [2.75, 3.05) is 9.80 Å². The zero-order valence-corrected chi connectivity index (χ0v) is 60.1. The van der Waals surface area contributed by atoms with E-state index < -0.39 is 10.8 Å². The first-order chi connectivity index (χ1) is 55.5. The van der Waals surface area contributed by atoms with Crippen molar-refractivity contribution < 1.29 is 27.1 Å². The number of para-hydroxylation sites is 9. The van der Waals surface area contributed by atoms with E-state index in [1.807, 2.05) is 24.3 Å². The van der Waals surface area contributed by atoms with Crippen LogP contribution in [0, 0.1) is 0 Å². The van der Waals surface area contributed by atoms with E-state index in [1.165, 1.54) is 44.5 Å². The van der Waals surface area contributed by atoms with Crippen LogP contribution in [0.2, 0.25) is 0 Å². The van der Waals surface area contributed by atoms with Gasteiger partial charge in [-0.05, 0) is 171 Å². The summed E-state index contributed by atoms with van der Waals surface area (Å²) in [6, 6.07) is 133. The van der Waals surface area contributed by atoms with Crippen LogP contribution in [0.5, 0.6) is 23.0 Å². The van der Waals surface area contributed by atoms with Gasteiger partial charge in [0, 0.05) is 77.6 Å². The van der Waals surface area contributed by atoms with E-state index >= 15 is 0 Å². The van der Waals surface area contributed by atoms with Crippen molar-refractivity contribution in [3.63, 3.8) is 0 Å². The lowest BCUT2D eigenvalue weighted by Gasteiger charge is -2.39. The van der Waals surface area contributed by atoms with E-state index in [0.717, 1.165) is 178 Å². The van der Waals surface area contributed by atoms with Crippen LogP contribution in [0.25, 0.3) is 121 Å². The SMILES string of the molecule is c1ccc(-c2ccccc2N(c2ccc3c(c2)oc2ccccc23)c2cccc3oc4cc5c(cc4c23)-c2ccccc2C52c3ccccc3Oc3ccccc32)cc1.c1ccc(N(c2cccc3c2oc2ccccc23)c2cccc3oc4cc5c(cc4c23)-c2ccccc2C52c3ccccc3Oc3ccccc32)cc1. The van der Waals surface area contributed by atoms with E-state index in [4.69, 9.17) is 27.1 Å². The van der Waals surface area contributed by atoms with E-state index in [1.54, 1.807) is 0 Å². The Labute approximate surface area is 642 Å². The maximum atomic E-state index is 7.00. The summed E-state index contributed by atoms with van der Waals surface area (Å²) in [5, 5.41) is 8.60. The van der Waals surface area contributed by atoms with Crippen LogP contribution < -0.4 is 19.3 Å². The van der Waals surface area contributed by atoms with E-state index in [9.17, 15) is 0 Å². The first kappa shape index (κ1) is 62.2. The second-order valence-electron chi connectivity index (χ2n) is 29.5. The van der Waals surface area contributed by atoms with Crippen LogP contribution in [-0.2, 0) is 10.8 Å². The van der Waals surface area contributed by atoms with E-state index in [-0.39, 0.29) is 0 Å². The molecule has 0 N–H and O–H groups in total. The number of hydrogen-bond donors (Lipinski definition) is 0. The molecule has 0 unspecified atom stereocenters. The monoisotopic (exact) mass is 1430 g/mol. The third-order valence-corrected chi connectivity index (χ3v) is 23.9. The number of rotatable bonds is 7. The summed E-state index contributed by atoms with van der Waals surface area (Å²) in [5.74, 6) is 3.49. The van der Waals surface area contributed by atoms with Gasteiger partial charge in [0.05, 0.1) is 44.4 Å². The Hall–Kier alpha value is -14.9. The molecule has 21 aromatic rings. The Morgan fingerprint density at radius 3 is 1.12 bits per heavy atom. The molecule has 25 rings (SSSR count). The van der Waals surface area contributed by atoms with Gasteiger partial charge in [-0.2, -0.15) is 0 Å². The average molecular weight is 1440 g/mol. The lowest BCUT2D eigenvalue weighted by atomic mass is 9.66. The lowest BCUT2D eigenvalue weighted by molar-refractivity contribution is 0.436. The minimum atomic E-state index is -0.587. The average Bonchev–Trinajstić information content (AvgIpc) is 1.52. The molecule has 8 heteroatoms. The molecular formula is C104H62N2O6. The summed E-state index contributed by atoms with van der Waals surface area (Å²) >= 11 is 0. The van der Waals surface area contributed by atoms with Crippen molar-refractivity contribution >= 4 is 122 Å². The topological polar surface area (TPSA) is 77.5 Å². The number of anilines is 6. The van der Waals surface area contributed by atoms with Crippen molar-refractivity contribution in [3.05, 3.63) is 421 Å². The van der Waals surface area contributed by atoms with E-state index in [2.05, 4.69) is 362 Å². The van der Waals surface area contributed by atoms with Crippen molar-refractivity contribution in [2.45, 2.75) is 10.8 Å². The molecule has 112 heavy (non-hydrogen) atoms. The smallest absolute Gasteiger partial charge is 0.159 e. The zero-order chi connectivity index (χ0) is 73.3. The van der Waals surface area contributed by atoms with Crippen LogP contribution in [0.1, 0.15) is 44.5 Å². The lowest BCUT2D eigenvalue weighted by Crippen LogP contribution is -2.32. The summed E-state index contributed by atoms with van der Waals surface area (Å²) in [6.45, 7) is 0. The van der Waals surface area contributed by atoms with E-state index in [0.29, 0.717) is 0 Å². The highest BCUT2D eigenvalue weighted by atomic mass is 16.5. The summed E-state index contributed by atoms with van der Waals surface area (Å²) in [6.07, 6.45) is 0. The fourth-order valence-electron chi connectivity index (χ4n) is 19.4. The number of ether oxygens (including phenoxy) is 2. The summed E-state index contributed by atoms with van der Waals surface area (Å²) in [5.41, 5.74) is 28.2. The van der Waals surface area contributed by atoms with Crippen LogP contribution in [0.3, 0.4) is 0 Å². The van der Waals surface area contributed by atoms with Gasteiger partial charge in [0.15, 0.2) is 5.58 Å². The number of hydrogen-bond acceptors (Lipinski definition) is 8. The molecule has 2 spiro atoms. The predicted molar refractivity (Wildman–Crippen MR) is 452 cm³/mol. The molecule has 0 fully saturated rings. The van der Waals surface area contributed by atoms with Crippen molar-refractivity contribution in [2.24, 2.45) is 0 Å². The fourth-order valence-corrected chi connectivity index (χ4v) is 19.4. The Bertz CT molecular complexity index is 7410. The molecule has 17 aromatic carbocycles. The van der Waals surface area contributed by atoms with Gasteiger partial charge in [-0.1, -0.05) is 249 Å². The largest absolute Gasteiger partial charge is 0.457 e. The quantitative estimate of drug-likeness (QED) is 0.156. The Balaban J connectivity index is 0.000000131. The highest BCUT2D eigenvalue weighted by Crippen LogP contribution is 2.66. The van der Waals surface area contributed by atoms with Crippen molar-refractivity contribution in [1.82, 2.24) is 0 Å². The van der Waals surface area contributed by atoms with Crippen molar-refractivity contribution in [3.8, 4) is 56.4 Å². The fraction of sp³-hybridized carbons (Fsp3) is 0.0192. The molecule has 0 atom stereocenters. The molecule has 2 aliphatic carbocycles. The summed E-state index contributed by atoms with van der Waals surface area (Å²) in [7, 11) is 0. The molecule has 6 heterocycles. The molecule has 0 saturated heterocycles. The second-order valence-corrected chi connectivity index (χ2v) is 29.5. The van der Waals surface area contributed by atoms with Crippen LogP contribution in [0.15, 0.2) is 394 Å². The van der Waals surface area contributed by atoms with Crippen LogP contribution in [0.4, 0.5) is 34.1 Å². The first-order valence-corrected chi connectivity index (χ1v) is 38.1. The van der Waals surface area contributed by atoms with Gasteiger partial charge < -0.3 is 36.9 Å². The maximum absolute atomic E-state index is 7.00. The summed E-state index contributed by atoms with van der Waals surface area (Å²) < 4.78 is 40.2. The highest BCUT2D eigenvalue weighted by molar-refractivity contribution is 6.19. The Kier molecular flexibility index (Phi) is 13.2. The Morgan fingerprint density at radius 2 is 0.571 bits per heavy atom. The van der Waals surface area contributed by atoms with Gasteiger partial charge >= 0.3 is 0 Å². The molecule has 2 aliphatic heterocycles. The highest BCUT2D eigenvalue weighted by Gasteiger charge is 2.53. The zero-order valence-electron chi connectivity index (χ0n) is 60.1. The van der Waals surface area contributed by atoms with Gasteiger partial charge in [-0.3, -0.25) is 0 Å². The summed E-state index contributed by atoms with van der Waals surface area (Å²) in [4.78, 5) is 4.69. The molecule has 0 saturated carbocycles. The Morgan fingerprint density at radius 1 is 0.196 bits per heavy atom. The molecule has 4 aromatic heterocycles. The van der Waals surface area contributed by atoms with Crippen LogP contribution in [-0.4, -0.2) is 0 Å². The normalized spacial score (nSPS) is 13.5. The van der Waals surface area contributed by atoms with Crippen molar-refractivity contribution in [1.29, 1.82) is 0 Å². The maximum Gasteiger partial charge on any atom is 0.159 e. The second kappa shape index (κ2) is 23.8. The molecule has 524 valence electrons. The minimum Gasteiger partial charge on any atom is -0.457 e. The molecular weight excluding hydrogens is 1370 g/mol.